The molecule has 0 aliphatic heterocycles. The Hall–Kier alpha value is -2.43. The smallest absolute Gasteiger partial charge is 0.337 e. The van der Waals surface area contributed by atoms with Gasteiger partial charge in [-0.25, -0.2) is 9.78 Å². The second-order valence-electron chi connectivity index (χ2n) is 3.77. The molecule has 92 valence electrons. The van der Waals surface area contributed by atoms with Crippen molar-refractivity contribution < 1.29 is 9.90 Å². The standard InChI is InChI=1S/C13H13N3O2/c17-13(18)11-1-2-12(16-9-11)15-8-5-10-3-6-14-7-4-10/h1-4,6-7,9H,5,8H2,(H,15,16)(H,17,18). The fraction of sp³-hybridized carbons (Fsp3) is 0.154. The molecule has 2 aromatic rings. The van der Waals surface area contributed by atoms with Gasteiger partial charge in [-0.3, -0.25) is 4.98 Å². The number of pyridine rings is 2. The van der Waals surface area contributed by atoms with Crippen LogP contribution in [0.5, 0.6) is 0 Å². The van der Waals surface area contributed by atoms with E-state index < -0.39 is 5.97 Å². The summed E-state index contributed by atoms with van der Waals surface area (Å²) >= 11 is 0. The quantitative estimate of drug-likeness (QED) is 0.838. The van der Waals surface area contributed by atoms with Crippen LogP contribution in [0.1, 0.15) is 15.9 Å². The molecular formula is C13H13N3O2. The Balaban J connectivity index is 1.85. The van der Waals surface area contributed by atoms with Crippen molar-refractivity contribution >= 4 is 11.8 Å². The molecule has 5 heteroatoms. The molecule has 0 spiro atoms. The number of carbonyl (C=O) groups is 1. The molecule has 0 atom stereocenters. The van der Waals surface area contributed by atoms with Crippen molar-refractivity contribution in [2.75, 3.05) is 11.9 Å². The molecule has 5 nitrogen and oxygen atoms in total. The minimum atomic E-state index is -0.967. The maximum atomic E-state index is 10.6. The molecule has 0 aliphatic rings. The van der Waals surface area contributed by atoms with E-state index in [9.17, 15) is 4.79 Å². The number of rotatable bonds is 5. The Morgan fingerprint density at radius 2 is 2.00 bits per heavy atom. The van der Waals surface area contributed by atoms with Crippen molar-refractivity contribution in [1.29, 1.82) is 0 Å². The van der Waals surface area contributed by atoms with Gasteiger partial charge in [-0.15, -0.1) is 0 Å². The third-order valence-electron chi connectivity index (χ3n) is 2.48. The van der Waals surface area contributed by atoms with E-state index in [0.29, 0.717) is 5.82 Å². The van der Waals surface area contributed by atoms with Gasteiger partial charge in [0.1, 0.15) is 5.82 Å². The number of nitrogens with one attached hydrogen (secondary N) is 1. The fourth-order valence-corrected chi connectivity index (χ4v) is 1.51. The predicted molar refractivity (Wildman–Crippen MR) is 67.6 cm³/mol. The topological polar surface area (TPSA) is 75.1 Å². The van der Waals surface area contributed by atoms with E-state index in [1.54, 1.807) is 18.5 Å². The molecule has 2 aromatic heterocycles. The minimum Gasteiger partial charge on any atom is -0.478 e. The Morgan fingerprint density at radius 3 is 2.61 bits per heavy atom. The van der Waals surface area contributed by atoms with Gasteiger partial charge in [0.25, 0.3) is 0 Å². The van der Waals surface area contributed by atoms with Crippen LogP contribution in [-0.2, 0) is 6.42 Å². The second kappa shape index (κ2) is 5.77. The number of aromatic carboxylic acids is 1. The number of carboxylic acid groups (broad SMARTS) is 1. The van der Waals surface area contributed by atoms with Crippen LogP contribution in [0.25, 0.3) is 0 Å². The molecular weight excluding hydrogens is 230 g/mol. The van der Waals surface area contributed by atoms with Crippen LogP contribution < -0.4 is 5.32 Å². The van der Waals surface area contributed by atoms with Gasteiger partial charge >= 0.3 is 5.97 Å². The molecule has 0 aliphatic carbocycles. The first-order chi connectivity index (χ1) is 8.75. The highest BCUT2D eigenvalue weighted by molar-refractivity contribution is 5.87. The van der Waals surface area contributed by atoms with Gasteiger partial charge in [0.15, 0.2) is 0 Å². The summed E-state index contributed by atoms with van der Waals surface area (Å²) in [6, 6.07) is 7.12. The first-order valence-corrected chi connectivity index (χ1v) is 5.58. The fourth-order valence-electron chi connectivity index (χ4n) is 1.51. The Labute approximate surface area is 105 Å². The van der Waals surface area contributed by atoms with E-state index in [-0.39, 0.29) is 5.56 Å². The van der Waals surface area contributed by atoms with E-state index >= 15 is 0 Å². The summed E-state index contributed by atoms with van der Waals surface area (Å²) in [6.07, 6.45) is 5.73. The number of aromatic nitrogens is 2. The third-order valence-corrected chi connectivity index (χ3v) is 2.48. The van der Waals surface area contributed by atoms with Gasteiger partial charge < -0.3 is 10.4 Å². The highest BCUT2D eigenvalue weighted by Crippen LogP contribution is 2.05. The zero-order valence-corrected chi connectivity index (χ0v) is 9.71. The number of hydrogen-bond acceptors (Lipinski definition) is 4. The van der Waals surface area contributed by atoms with Crippen LogP contribution >= 0.6 is 0 Å². The second-order valence-corrected chi connectivity index (χ2v) is 3.77. The van der Waals surface area contributed by atoms with E-state index in [1.165, 1.54) is 17.8 Å². The summed E-state index contributed by atoms with van der Waals surface area (Å²) in [5, 5.41) is 11.9. The molecule has 0 bridgehead atoms. The molecule has 0 unspecified atom stereocenters. The lowest BCUT2D eigenvalue weighted by Gasteiger charge is -2.05. The van der Waals surface area contributed by atoms with Gasteiger partial charge in [-0.1, -0.05) is 0 Å². The van der Waals surface area contributed by atoms with Gasteiger partial charge in [0.05, 0.1) is 5.56 Å². The van der Waals surface area contributed by atoms with Gasteiger partial charge in [-0.05, 0) is 36.2 Å². The zero-order chi connectivity index (χ0) is 12.8. The summed E-state index contributed by atoms with van der Waals surface area (Å²) in [4.78, 5) is 18.6. The van der Waals surface area contributed by atoms with Crippen molar-refractivity contribution in [2.24, 2.45) is 0 Å². The average Bonchev–Trinajstić information content (AvgIpc) is 2.40. The molecule has 0 saturated carbocycles. The van der Waals surface area contributed by atoms with E-state index in [4.69, 9.17) is 5.11 Å². The monoisotopic (exact) mass is 243 g/mol. The lowest BCUT2D eigenvalue weighted by molar-refractivity contribution is 0.0696. The Kier molecular flexibility index (Phi) is 3.86. The molecule has 2 rings (SSSR count). The molecule has 0 saturated heterocycles. The van der Waals surface area contributed by atoms with Crippen molar-refractivity contribution in [3.63, 3.8) is 0 Å². The molecule has 0 aromatic carbocycles. The lowest BCUT2D eigenvalue weighted by atomic mass is 10.2. The third kappa shape index (κ3) is 3.28. The van der Waals surface area contributed by atoms with Crippen LogP contribution in [0.3, 0.4) is 0 Å². The Bertz CT molecular complexity index is 512. The minimum absolute atomic E-state index is 0.190. The highest BCUT2D eigenvalue weighted by Gasteiger charge is 2.02. The van der Waals surface area contributed by atoms with Gasteiger partial charge in [-0.2, -0.15) is 0 Å². The van der Waals surface area contributed by atoms with Crippen molar-refractivity contribution in [2.45, 2.75) is 6.42 Å². The number of hydrogen-bond donors (Lipinski definition) is 2. The molecule has 2 N–H and O–H groups in total. The first kappa shape index (κ1) is 12.0. The first-order valence-electron chi connectivity index (χ1n) is 5.58. The van der Waals surface area contributed by atoms with E-state index in [2.05, 4.69) is 15.3 Å². The largest absolute Gasteiger partial charge is 0.478 e. The number of carboxylic acids is 1. The lowest BCUT2D eigenvalue weighted by Crippen LogP contribution is -2.07. The summed E-state index contributed by atoms with van der Waals surface area (Å²) in [7, 11) is 0. The number of nitrogens with zero attached hydrogens (tertiary/aromatic N) is 2. The van der Waals surface area contributed by atoms with E-state index in [1.807, 2.05) is 12.1 Å². The molecule has 0 fully saturated rings. The number of anilines is 1. The van der Waals surface area contributed by atoms with Crippen LogP contribution in [0.2, 0.25) is 0 Å². The van der Waals surface area contributed by atoms with Crippen molar-refractivity contribution in [3.05, 3.63) is 54.0 Å². The van der Waals surface area contributed by atoms with Crippen LogP contribution in [-0.4, -0.2) is 27.6 Å². The maximum absolute atomic E-state index is 10.6. The SMILES string of the molecule is O=C(O)c1ccc(NCCc2ccncc2)nc1. The Morgan fingerprint density at radius 1 is 1.22 bits per heavy atom. The molecule has 0 radical (unpaired) electrons. The van der Waals surface area contributed by atoms with Crippen LogP contribution in [0, 0.1) is 0 Å². The summed E-state index contributed by atoms with van der Waals surface area (Å²) in [5.41, 5.74) is 1.38. The summed E-state index contributed by atoms with van der Waals surface area (Å²) in [5.74, 6) is -0.292. The molecule has 18 heavy (non-hydrogen) atoms. The van der Waals surface area contributed by atoms with Gasteiger partial charge in [0, 0.05) is 25.1 Å². The average molecular weight is 243 g/mol. The van der Waals surface area contributed by atoms with Crippen LogP contribution in [0.15, 0.2) is 42.9 Å². The van der Waals surface area contributed by atoms with Crippen molar-refractivity contribution in [3.8, 4) is 0 Å². The van der Waals surface area contributed by atoms with E-state index in [0.717, 1.165) is 13.0 Å². The zero-order valence-electron chi connectivity index (χ0n) is 9.71. The van der Waals surface area contributed by atoms with Crippen molar-refractivity contribution in [1.82, 2.24) is 9.97 Å². The normalized spacial score (nSPS) is 10.0. The van der Waals surface area contributed by atoms with Crippen LogP contribution in [0.4, 0.5) is 5.82 Å². The van der Waals surface area contributed by atoms with Gasteiger partial charge in [0.2, 0.25) is 0 Å². The summed E-state index contributed by atoms with van der Waals surface area (Å²) < 4.78 is 0. The molecule has 0 amide bonds. The predicted octanol–water partition coefficient (Wildman–Crippen LogP) is 1.83. The molecule has 2 heterocycles. The maximum Gasteiger partial charge on any atom is 0.337 e. The summed E-state index contributed by atoms with van der Waals surface area (Å²) in [6.45, 7) is 0.740. The highest BCUT2D eigenvalue weighted by atomic mass is 16.4.